The maximum absolute atomic E-state index is 13.1. The number of aryl methyl sites for hydroxylation is 1. The van der Waals surface area contributed by atoms with Crippen LogP contribution in [0.4, 0.5) is 0 Å². The van der Waals surface area contributed by atoms with Crippen molar-refractivity contribution in [1.29, 1.82) is 0 Å². The summed E-state index contributed by atoms with van der Waals surface area (Å²) in [6.45, 7) is 5.55. The summed E-state index contributed by atoms with van der Waals surface area (Å²) in [7, 11) is 0. The van der Waals surface area contributed by atoms with Gasteiger partial charge < -0.3 is 14.8 Å². The molecule has 1 N–H and O–H groups in total. The van der Waals surface area contributed by atoms with Crippen LogP contribution in [0.5, 0.6) is 0 Å². The highest BCUT2D eigenvalue weighted by Crippen LogP contribution is 2.35. The fraction of sp³-hybridized carbons (Fsp3) is 0.538. The summed E-state index contributed by atoms with van der Waals surface area (Å²) in [5.41, 5.74) is 1.97. The first-order valence-corrected chi connectivity index (χ1v) is 13.3. The first-order chi connectivity index (χ1) is 16.6. The van der Waals surface area contributed by atoms with E-state index in [1.165, 1.54) is 11.3 Å². The number of benzene rings is 1. The van der Waals surface area contributed by atoms with Crippen LogP contribution in [0.25, 0.3) is 15.9 Å². The number of rotatable bonds is 4. The van der Waals surface area contributed by atoms with Gasteiger partial charge in [0.1, 0.15) is 4.83 Å². The highest BCUT2D eigenvalue weighted by Gasteiger charge is 2.41. The molecule has 6 rings (SSSR count). The molecule has 180 valence electrons. The normalized spacial score (nSPS) is 25.2. The van der Waals surface area contributed by atoms with Crippen molar-refractivity contribution in [2.45, 2.75) is 63.3 Å². The number of hydrogen-bond acceptors (Lipinski definition) is 6. The van der Waals surface area contributed by atoms with Gasteiger partial charge in [0.25, 0.3) is 5.91 Å². The van der Waals surface area contributed by atoms with E-state index in [0.29, 0.717) is 6.04 Å². The molecule has 0 atom stereocenters. The number of ether oxygens (including phenoxy) is 2. The van der Waals surface area contributed by atoms with Crippen LogP contribution in [0.2, 0.25) is 0 Å². The maximum atomic E-state index is 13.1. The lowest BCUT2D eigenvalue weighted by Crippen LogP contribution is -2.51. The van der Waals surface area contributed by atoms with Crippen molar-refractivity contribution in [3.05, 3.63) is 47.0 Å². The Hall–Kier alpha value is -2.26. The Balaban J connectivity index is 1.06. The van der Waals surface area contributed by atoms with Gasteiger partial charge in [-0.3, -0.25) is 9.69 Å². The predicted octanol–water partition coefficient (Wildman–Crippen LogP) is 4.28. The Morgan fingerprint density at radius 2 is 1.79 bits per heavy atom. The van der Waals surface area contributed by atoms with Crippen molar-refractivity contribution in [3.63, 3.8) is 0 Å². The van der Waals surface area contributed by atoms with Crippen LogP contribution in [0, 0.1) is 6.92 Å². The molecule has 4 heterocycles. The molecule has 1 aromatic carbocycles. The molecule has 8 heteroatoms. The molecule has 1 spiro atoms. The summed E-state index contributed by atoms with van der Waals surface area (Å²) in [5.74, 6) is -0.263. The van der Waals surface area contributed by atoms with Crippen LogP contribution in [0.15, 0.2) is 36.4 Å². The van der Waals surface area contributed by atoms with Gasteiger partial charge in [-0.05, 0) is 50.8 Å². The minimum Gasteiger partial charge on any atom is -0.349 e. The lowest BCUT2D eigenvalue weighted by molar-refractivity contribution is -0.188. The zero-order chi connectivity index (χ0) is 23.1. The number of fused-ring (bicyclic) bond motifs is 1. The number of amides is 1. The number of para-hydroxylation sites is 1. The second-order valence-electron chi connectivity index (χ2n) is 9.78. The number of nitrogens with zero attached hydrogens (tertiary/aromatic N) is 3. The van der Waals surface area contributed by atoms with Gasteiger partial charge in [0.15, 0.2) is 5.79 Å². The highest BCUT2D eigenvalue weighted by molar-refractivity contribution is 7.20. The van der Waals surface area contributed by atoms with E-state index in [1.54, 1.807) is 0 Å². The Kier molecular flexibility index (Phi) is 5.93. The van der Waals surface area contributed by atoms with E-state index in [9.17, 15) is 4.79 Å². The van der Waals surface area contributed by atoms with Crippen LogP contribution in [0.1, 0.15) is 53.9 Å². The maximum Gasteiger partial charge on any atom is 0.261 e. The van der Waals surface area contributed by atoms with Gasteiger partial charge in [-0.1, -0.05) is 18.2 Å². The van der Waals surface area contributed by atoms with Crippen LogP contribution in [0.3, 0.4) is 0 Å². The van der Waals surface area contributed by atoms with Crippen LogP contribution in [-0.4, -0.2) is 64.8 Å². The third-order valence-corrected chi connectivity index (χ3v) is 8.80. The number of carbonyl (C=O) groups is 1. The van der Waals surface area contributed by atoms with Gasteiger partial charge in [0.05, 0.1) is 29.5 Å². The third kappa shape index (κ3) is 4.17. The number of thiophene rings is 1. The summed E-state index contributed by atoms with van der Waals surface area (Å²) >= 11 is 1.53. The van der Waals surface area contributed by atoms with Crippen LogP contribution in [-0.2, 0) is 9.47 Å². The van der Waals surface area contributed by atoms with Gasteiger partial charge >= 0.3 is 0 Å². The molecule has 0 bridgehead atoms. The summed E-state index contributed by atoms with van der Waals surface area (Å²) in [5, 5.41) is 9.05. The monoisotopic (exact) mass is 480 g/mol. The van der Waals surface area contributed by atoms with Crippen LogP contribution < -0.4 is 5.32 Å². The molecule has 3 aliphatic rings. The van der Waals surface area contributed by atoms with Crippen molar-refractivity contribution >= 4 is 27.5 Å². The van der Waals surface area contributed by atoms with Gasteiger partial charge in [-0.15, -0.1) is 11.3 Å². The Morgan fingerprint density at radius 3 is 2.50 bits per heavy atom. The van der Waals surface area contributed by atoms with Gasteiger partial charge in [-0.25, -0.2) is 4.68 Å². The van der Waals surface area contributed by atoms with Crippen molar-refractivity contribution in [1.82, 2.24) is 20.0 Å². The second-order valence-corrected chi connectivity index (χ2v) is 10.8. The molecule has 3 aromatic rings. The molecule has 2 aliphatic heterocycles. The molecule has 1 aliphatic carbocycles. The van der Waals surface area contributed by atoms with Crippen molar-refractivity contribution in [2.24, 2.45) is 0 Å². The molecule has 1 amide bonds. The zero-order valence-electron chi connectivity index (χ0n) is 19.7. The molecular weight excluding hydrogens is 448 g/mol. The van der Waals surface area contributed by atoms with E-state index < -0.39 is 0 Å². The minimum atomic E-state index is -0.304. The number of hydrogen-bond donors (Lipinski definition) is 1. The first kappa shape index (κ1) is 22.2. The fourth-order valence-electron chi connectivity index (χ4n) is 5.76. The predicted molar refractivity (Wildman–Crippen MR) is 133 cm³/mol. The molecule has 0 unspecified atom stereocenters. The second kappa shape index (κ2) is 9.07. The largest absolute Gasteiger partial charge is 0.349 e. The molecular formula is C26H32N4O3S. The first-order valence-electron chi connectivity index (χ1n) is 12.5. The third-order valence-electron chi connectivity index (χ3n) is 7.69. The Bertz CT molecular complexity index is 1150. The molecule has 2 saturated heterocycles. The van der Waals surface area contributed by atoms with Gasteiger partial charge in [0.2, 0.25) is 0 Å². The molecule has 34 heavy (non-hydrogen) atoms. The van der Waals surface area contributed by atoms with E-state index in [4.69, 9.17) is 9.47 Å². The van der Waals surface area contributed by atoms with Crippen molar-refractivity contribution < 1.29 is 14.3 Å². The average Bonchev–Trinajstić information content (AvgIpc) is 3.58. The quantitative estimate of drug-likeness (QED) is 0.604. The number of nitrogens with one attached hydrogen (secondary N) is 1. The van der Waals surface area contributed by atoms with Crippen molar-refractivity contribution in [3.8, 4) is 5.69 Å². The molecule has 0 radical (unpaired) electrons. The highest BCUT2D eigenvalue weighted by atomic mass is 32.1. The summed E-state index contributed by atoms with van der Waals surface area (Å²) < 4.78 is 13.7. The Labute approximate surface area is 204 Å². The average molecular weight is 481 g/mol. The van der Waals surface area contributed by atoms with E-state index in [1.807, 2.05) is 48.0 Å². The topological polar surface area (TPSA) is 68.6 Å². The zero-order valence-corrected chi connectivity index (χ0v) is 20.5. The number of piperidine rings is 1. The van der Waals surface area contributed by atoms with E-state index in [-0.39, 0.29) is 17.7 Å². The summed E-state index contributed by atoms with van der Waals surface area (Å²) in [6.07, 6.45) is 6.27. The standard InChI is InChI=1S/C26H32N4O3S/c1-18-22-17-23(34-25(22)30(28-18)21-5-3-2-4-6-21)24(31)27-19-7-9-20(10-8-19)29-13-11-26(12-14-29)32-15-16-33-26/h2-6,17,19-20H,7-16H2,1H3,(H,27,31). The molecule has 2 aromatic heterocycles. The number of likely N-dealkylation sites (tertiary alicyclic amines) is 1. The fourth-order valence-corrected chi connectivity index (χ4v) is 6.85. The lowest BCUT2D eigenvalue weighted by Gasteiger charge is -2.43. The Morgan fingerprint density at radius 1 is 1.09 bits per heavy atom. The number of carbonyl (C=O) groups excluding carboxylic acids is 1. The summed E-state index contributed by atoms with van der Waals surface area (Å²) in [6, 6.07) is 13.0. The van der Waals surface area contributed by atoms with Crippen LogP contribution >= 0.6 is 11.3 Å². The molecule has 7 nitrogen and oxygen atoms in total. The SMILES string of the molecule is Cc1nn(-c2ccccc2)c2sc(C(=O)NC3CCC(N4CCC5(CC4)OCCO5)CC3)cc12. The smallest absolute Gasteiger partial charge is 0.261 e. The van der Waals surface area contributed by atoms with Crippen molar-refractivity contribution in [2.75, 3.05) is 26.3 Å². The molecule has 1 saturated carbocycles. The minimum absolute atomic E-state index is 0.0408. The lowest BCUT2D eigenvalue weighted by atomic mass is 9.88. The van der Waals surface area contributed by atoms with E-state index in [2.05, 4.69) is 15.3 Å². The number of aromatic nitrogens is 2. The van der Waals surface area contributed by atoms with Gasteiger partial charge in [0, 0.05) is 43.4 Å². The molecule has 3 fully saturated rings. The van der Waals surface area contributed by atoms with E-state index >= 15 is 0 Å². The summed E-state index contributed by atoms with van der Waals surface area (Å²) in [4.78, 5) is 17.5. The van der Waals surface area contributed by atoms with Gasteiger partial charge in [-0.2, -0.15) is 5.10 Å². The van der Waals surface area contributed by atoms with E-state index in [0.717, 1.165) is 91.3 Å².